The van der Waals surface area contributed by atoms with E-state index in [0.717, 1.165) is 18.7 Å². The Bertz CT molecular complexity index is 320. The summed E-state index contributed by atoms with van der Waals surface area (Å²) >= 11 is 4.12. The molecule has 1 heterocycles. The van der Waals surface area contributed by atoms with E-state index >= 15 is 0 Å². The zero-order valence-electron chi connectivity index (χ0n) is 12.9. The highest BCUT2D eigenvalue weighted by Crippen LogP contribution is 2.39. The van der Waals surface area contributed by atoms with Gasteiger partial charge in [0.05, 0.1) is 5.69 Å². The molecule has 20 heavy (non-hydrogen) atoms. The van der Waals surface area contributed by atoms with Crippen molar-refractivity contribution >= 4 is 23.5 Å². The molecule has 0 aromatic carbocycles. The Hall–Kier alpha value is -0.200. The first-order valence-corrected chi connectivity index (χ1v) is 9.61. The van der Waals surface area contributed by atoms with Gasteiger partial charge in [0.1, 0.15) is 4.20 Å². The molecule has 1 aromatic rings. The van der Waals surface area contributed by atoms with E-state index in [-0.39, 0.29) is 4.20 Å². The number of hydrogen-bond acceptors (Lipinski definition) is 5. The van der Waals surface area contributed by atoms with Crippen LogP contribution in [-0.2, 0) is 6.54 Å². The first kappa shape index (κ1) is 17.9. The fraction of sp³-hybridized carbons (Fsp3) is 0.857. The molecular weight excluding hydrogens is 288 g/mol. The van der Waals surface area contributed by atoms with Crippen molar-refractivity contribution in [2.24, 2.45) is 0 Å². The Balaban J connectivity index is 2.53. The Morgan fingerprint density at radius 2 is 1.80 bits per heavy atom. The van der Waals surface area contributed by atoms with E-state index < -0.39 is 0 Å². The maximum atomic E-state index is 4.06. The minimum Gasteiger partial charge on any atom is -0.289 e. The molecule has 0 fully saturated rings. The first-order valence-electron chi connectivity index (χ1n) is 7.64. The number of hydrogen-bond donors (Lipinski definition) is 2. The molecule has 0 aliphatic carbocycles. The molecule has 6 heteroatoms. The van der Waals surface area contributed by atoms with Crippen molar-refractivity contribution in [3.63, 3.8) is 0 Å². The molecule has 0 aliphatic heterocycles. The van der Waals surface area contributed by atoms with E-state index in [0.29, 0.717) is 0 Å². The number of H-pyrrole nitrogens is 1. The van der Waals surface area contributed by atoms with Crippen LogP contribution in [0.4, 0.5) is 0 Å². The summed E-state index contributed by atoms with van der Waals surface area (Å²) < 4.78 is 0.114. The summed E-state index contributed by atoms with van der Waals surface area (Å²) in [5, 5.41) is 14.3. The van der Waals surface area contributed by atoms with Gasteiger partial charge in [-0.3, -0.25) is 10.4 Å². The number of unbranched alkanes of at least 4 members (excludes halogenated alkanes) is 2. The van der Waals surface area contributed by atoms with Gasteiger partial charge in [-0.05, 0) is 30.8 Å². The Labute approximate surface area is 131 Å². The lowest BCUT2D eigenvalue weighted by Gasteiger charge is -2.33. The SMILES string of the molecule is CCCCSC(CC)(NCc1c[nH]nn1)SCCCC. The van der Waals surface area contributed by atoms with Crippen LogP contribution in [0.2, 0.25) is 0 Å². The zero-order valence-corrected chi connectivity index (χ0v) is 14.6. The zero-order chi connectivity index (χ0) is 14.7. The van der Waals surface area contributed by atoms with Crippen LogP contribution in [0.3, 0.4) is 0 Å². The number of nitrogens with one attached hydrogen (secondary N) is 2. The summed E-state index contributed by atoms with van der Waals surface area (Å²) in [7, 11) is 0. The molecule has 0 aliphatic rings. The highest BCUT2D eigenvalue weighted by molar-refractivity contribution is 8.18. The van der Waals surface area contributed by atoms with Crippen LogP contribution >= 0.6 is 23.5 Å². The molecule has 0 spiro atoms. The van der Waals surface area contributed by atoms with Crippen molar-refractivity contribution in [1.82, 2.24) is 20.7 Å². The van der Waals surface area contributed by atoms with E-state index in [1.807, 2.05) is 6.20 Å². The topological polar surface area (TPSA) is 53.6 Å². The molecule has 1 rings (SSSR count). The molecule has 0 unspecified atom stereocenters. The van der Waals surface area contributed by atoms with Gasteiger partial charge >= 0.3 is 0 Å². The van der Waals surface area contributed by atoms with Crippen LogP contribution < -0.4 is 5.32 Å². The standard InChI is InChI=1S/C14H28N4S2/c1-4-7-9-19-14(6-3,20-10-8-5-2)15-11-13-12-16-18-17-13/h12,15H,4-11H2,1-3H3,(H,16,17,18). The van der Waals surface area contributed by atoms with Gasteiger partial charge in [-0.15, -0.1) is 28.6 Å². The van der Waals surface area contributed by atoms with E-state index in [1.165, 1.54) is 37.2 Å². The predicted octanol–water partition coefficient (Wildman–Crippen LogP) is 4.02. The van der Waals surface area contributed by atoms with Crippen molar-refractivity contribution in [3.8, 4) is 0 Å². The Morgan fingerprint density at radius 1 is 1.15 bits per heavy atom. The number of rotatable bonds is 12. The van der Waals surface area contributed by atoms with Crippen molar-refractivity contribution in [2.75, 3.05) is 11.5 Å². The predicted molar refractivity (Wildman–Crippen MR) is 91.0 cm³/mol. The number of aromatic amines is 1. The Kier molecular flexibility index (Phi) is 9.39. The fourth-order valence-electron chi connectivity index (χ4n) is 1.77. The van der Waals surface area contributed by atoms with Gasteiger partial charge < -0.3 is 0 Å². The lowest BCUT2D eigenvalue weighted by molar-refractivity contribution is 0.583. The molecule has 0 saturated carbocycles. The van der Waals surface area contributed by atoms with Gasteiger partial charge in [0.25, 0.3) is 0 Å². The maximum absolute atomic E-state index is 4.06. The highest BCUT2D eigenvalue weighted by Gasteiger charge is 2.28. The van der Waals surface area contributed by atoms with Crippen molar-refractivity contribution in [2.45, 2.75) is 63.6 Å². The molecule has 4 nitrogen and oxygen atoms in total. The van der Waals surface area contributed by atoms with Crippen LogP contribution in [0.25, 0.3) is 0 Å². The van der Waals surface area contributed by atoms with Crippen LogP contribution in [-0.4, -0.2) is 31.1 Å². The second-order valence-corrected chi connectivity index (χ2v) is 7.87. The molecule has 0 atom stereocenters. The molecule has 2 N–H and O–H groups in total. The average molecular weight is 317 g/mol. The quantitative estimate of drug-likeness (QED) is 0.450. The van der Waals surface area contributed by atoms with Crippen LogP contribution in [0, 0.1) is 0 Å². The molecule has 0 amide bonds. The summed E-state index contributed by atoms with van der Waals surface area (Å²) in [6, 6.07) is 0. The first-order chi connectivity index (χ1) is 9.76. The van der Waals surface area contributed by atoms with Crippen molar-refractivity contribution in [1.29, 1.82) is 0 Å². The van der Waals surface area contributed by atoms with Gasteiger partial charge in [-0.2, -0.15) is 0 Å². The van der Waals surface area contributed by atoms with Gasteiger partial charge in [0.15, 0.2) is 0 Å². The monoisotopic (exact) mass is 316 g/mol. The second kappa shape index (κ2) is 10.5. The summed E-state index contributed by atoms with van der Waals surface area (Å²) in [6.45, 7) is 7.55. The van der Waals surface area contributed by atoms with E-state index in [1.54, 1.807) is 0 Å². The lowest BCUT2D eigenvalue weighted by Crippen LogP contribution is -2.38. The molecular formula is C14H28N4S2. The van der Waals surface area contributed by atoms with Crippen molar-refractivity contribution in [3.05, 3.63) is 11.9 Å². The van der Waals surface area contributed by atoms with E-state index in [2.05, 4.69) is 65.0 Å². The minimum atomic E-state index is 0.114. The Morgan fingerprint density at radius 3 is 2.25 bits per heavy atom. The lowest BCUT2D eigenvalue weighted by atomic mass is 10.4. The highest BCUT2D eigenvalue weighted by atomic mass is 32.2. The van der Waals surface area contributed by atoms with Crippen molar-refractivity contribution < 1.29 is 0 Å². The average Bonchev–Trinajstić information content (AvgIpc) is 2.98. The largest absolute Gasteiger partial charge is 0.289 e. The molecule has 1 aromatic heterocycles. The summed E-state index contributed by atoms with van der Waals surface area (Å²) in [6.07, 6.45) is 8.07. The molecule has 0 radical (unpaired) electrons. The molecule has 0 saturated heterocycles. The number of nitrogens with zero attached hydrogens (tertiary/aromatic N) is 2. The van der Waals surface area contributed by atoms with E-state index in [4.69, 9.17) is 0 Å². The second-order valence-electron chi connectivity index (χ2n) is 4.83. The molecule has 0 bridgehead atoms. The fourth-order valence-corrected chi connectivity index (χ4v) is 4.89. The summed E-state index contributed by atoms with van der Waals surface area (Å²) in [5.74, 6) is 2.44. The normalized spacial score (nSPS) is 11.9. The van der Waals surface area contributed by atoms with Crippen LogP contribution in [0.5, 0.6) is 0 Å². The summed E-state index contributed by atoms with van der Waals surface area (Å²) in [4.78, 5) is 0. The number of thioether (sulfide) groups is 2. The minimum absolute atomic E-state index is 0.114. The van der Waals surface area contributed by atoms with Crippen LogP contribution in [0.15, 0.2) is 6.20 Å². The smallest absolute Gasteiger partial charge is 0.111 e. The van der Waals surface area contributed by atoms with Gasteiger partial charge in [-0.25, -0.2) is 0 Å². The third kappa shape index (κ3) is 6.50. The number of aromatic nitrogens is 3. The third-order valence-corrected chi connectivity index (χ3v) is 6.63. The van der Waals surface area contributed by atoms with Gasteiger partial charge in [-0.1, -0.05) is 38.8 Å². The molecule has 116 valence electrons. The van der Waals surface area contributed by atoms with Crippen LogP contribution in [0.1, 0.15) is 58.6 Å². The maximum Gasteiger partial charge on any atom is 0.111 e. The van der Waals surface area contributed by atoms with Gasteiger partial charge in [0.2, 0.25) is 0 Å². The van der Waals surface area contributed by atoms with Gasteiger partial charge in [0, 0.05) is 12.7 Å². The van der Waals surface area contributed by atoms with E-state index in [9.17, 15) is 0 Å². The third-order valence-electron chi connectivity index (χ3n) is 3.14. The summed E-state index contributed by atoms with van der Waals surface area (Å²) in [5.41, 5.74) is 0.981.